The fourth-order valence-electron chi connectivity index (χ4n) is 3.12. The Morgan fingerprint density at radius 1 is 1.60 bits per heavy atom. The van der Waals surface area contributed by atoms with Crippen molar-refractivity contribution in [3.63, 3.8) is 0 Å². The van der Waals surface area contributed by atoms with Crippen molar-refractivity contribution in [1.29, 1.82) is 0 Å². The van der Waals surface area contributed by atoms with E-state index in [0.29, 0.717) is 13.2 Å². The van der Waals surface area contributed by atoms with Crippen LogP contribution in [0.25, 0.3) is 0 Å². The zero-order chi connectivity index (χ0) is 14.2. The van der Waals surface area contributed by atoms with E-state index in [4.69, 9.17) is 4.74 Å². The Labute approximate surface area is 123 Å². The molecule has 2 saturated heterocycles. The molecule has 3 heterocycles. The van der Waals surface area contributed by atoms with Gasteiger partial charge in [0.15, 0.2) is 0 Å². The summed E-state index contributed by atoms with van der Waals surface area (Å²) in [5.74, 6) is 0. The molecule has 3 atom stereocenters. The third kappa shape index (κ3) is 3.20. The predicted octanol–water partition coefficient (Wildman–Crippen LogP) is 0.424. The number of hydrogen-bond donors (Lipinski definition) is 1. The number of sulfonamides is 1. The number of nitrogens with zero attached hydrogens (tertiary/aromatic N) is 2. The van der Waals surface area contributed by atoms with E-state index in [9.17, 15) is 8.42 Å². The third-order valence-electron chi connectivity index (χ3n) is 3.82. The van der Waals surface area contributed by atoms with Gasteiger partial charge >= 0.3 is 0 Å². The van der Waals surface area contributed by atoms with Gasteiger partial charge in [0.1, 0.15) is 5.01 Å². The second kappa shape index (κ2) is 5.69. The highest BCUT2D eigenvalue weighted by Gasteiger charge is 2.44. The molecule has 8 heteroatoms. The molecule has 0 saturated carbocycles. The molecule has 1 aromatic rings. The molecule has 2 fully saturated rings. The Morgan fingerprint density at radius 3 is 3.15 bits per heavy atom. The minimum absolute atomic E-state index is 0.0431. The van der Waals surface area contributed by atoms with Gasteiger partial charge in [0.2, 0.25) is 10.0 Å². The molecule has 0 bridgehead atoms. The minimum atomic E-state index is -3.21. The molecule has 0 radical (unpaired) electrons. The maximum absolute atomic E-state index is 11.5. The van der Waals surface area contributed by atoms with Gasteiger partial charge in [-0.2, -0.15) is 0 Å². The first-order valence-electron chi connectivity index (χ1n) is 6.74. The van der Waals surface area contributed by atoms with E-state index in [1.54, 1.807) is 17.5 Å². The van der Waals surface area contributed by atoms with Crippen LogP contribution in [-0.2, 0) is 21.3 Å². The summed E-state index contributed by atoms with van der Waals surface area (Å²) in [5, 5.41) is 3.03. The van der Waals surface area contributed by atoms with Crippen molar-refractivity contribution in [2.75, 3.05) is 19.4 Å². The number of nitrogens with one attached hydrogen (secondary N) is 1. The zero-order valence-electron chi connectivity index (χ0n) is 11.4. The molecule has 0 aliphatic carbocycles. The average molecular weight is 317 g/mol. The second-order valence-corrected chi connectivity index (χ2v) is 8.16. The molecular weight excluding hydrogens is 298 g/mol. The number of aromatic nitrogens is 1. The van der Waals surface area contributed by atoms with E-state index < -0.39 is 10.0 Å². The molecule has 1 N–H and O–H groups in total. The average Bonchev–Trinajstić information content (AvgIpc) is 2.98. The van der Waals surface area contributed by atoms with E-state index in [2.05, 4.69) is 14.6 Å². The first kappa shape index (κ1) is 14.4. The van der Waals surface area contributed by atoms with E-state index >= 15 is 0 Å². The number of thiazole rings is 1. The summed E-state index contributed by atoms with van der Waals surface area (Å²) >= 11 is 1.63. The van der Waals surface area contributed by atoms with E-state index in [1.807, 2.05) is 5.38 Å². The Bertz CT molecular complexity index is 546. The summed E-state index contributed by atoms with van der Waals surface area (Å²) in [6.45, 7) is 2.17. The van der Waals surface area contributed by atoms with Crippen LogP contribution in [0.1, 0.15) is 17.8 Å². The van der Waals surface area contributed by atoms with Gasteiger partial charge < -0.3 is 4.74 Å². The van der Waals surface area contributed by atoms with Crippen LogP contribution < -0.4 is 4.72 Å². The SMILES string of the molecule is CS(=O)(=O)N[C@H]1CN(Cc2nccs2)[C@@H]2CCCO[C@H]12. The molecule has 112 valence electrons. The molecule has 20 heavy (non-hydrogen) atoms. The van der Waals surface area contributed by atoms with Crippen LogP contribution in [0.2, 0.25) is 0 Å². The van der Waals surface area contributed by atoms with Crippen molar-refractivity contribution in [1.82, 2.24) is 14.6 Å². The summed E-state index contributed by atoms with van der Waals surface area (Å²) < 4.78 is 31.5. The molecule has 0 amide bonds. The van der Waals surface area contributed by atoms with Gasteiger partial charge in [0.25, 0.3) is 0 Å². The van der Waals surface area contributed by atoms with Gasteiger partial charge in [-0.3, -0.25) is 4.90 Å². The Balaban J connectivity index is 1.74. The lowest BCUT2D eigenvalue weighted by Gasteiger charge is -2.32. The molecule has 3 rings (SSSR count). The van der Waals surface area contributed by atoms with Gasteiger partial charge in [0.05, 0.1) is 24.9 Å². The van der Waals surface area contributed by atoms with Gasteiger partial charge in [0, 0.05) is 30.8 Å². The molecular formula is C12H19N3O3S2. The van der Waals surface area contributed by atoms with Crippen molar-refractivity contribution in [3.8, 4) is 0 Å². The summed E-state index contributed by atoms with van der Waals surface area (Å²) in [6, 6.07) is 0.127. The van der Waals surface area contributed by atoms with Crippen LogP contribution in [0.4, 0.5) is 0 Å². The van der Waals surface area contributed by atoms with Gasteiger partial charge in [-0.25, -0.2) is 18.1 Å². The van der Waals surface area contributed by atoms with Crippen molar-refractivity contribution >= 4 is 21.4 Å². The molecule has 0 spiro atoms. The van der Waals surface area contributed by atoms with Gasteiger partial charge in [-0.1, -0.05) is 0 Å². The van der Waals surface area contributed by atoms with E-state index in [-0.39, 0.29) is 18.2 Å². The van der Waals surface area contributed by atoms with E-state index in [0.717, 1.165) is 24.4 Å². The van der Waals surface area contributed by atoms with Crippen molar-refractivity contribution in [2.24, 2.45) is 0 Å². The number of hydrogen-bond acceptors (Lipinski definition) is 6. The lowest BCUT2D eigenvalue weighted by molar-refractivity contribution is -0.0193. The highest BCUT2D eigenvalue weighted by molar-refractivity contribution is 7.88. The van der Waals surface area contributed by atoms with Crippen LogP contribution in [0.15, 0.2) is 11.6 Å². The Kier molecular flexibility index (Phi) is 4.09. The highest BCUT2D eigenvalue weighted by atomic mass is 32.2. The standard InChI is InChI=1S/C12H19N3O3S2/c1-20(16,17)14-9-7-15(8-11-13-4-6-19-11)10-3-2-5-18-12(9)10/h4,6,9-10,12,14H,2-3,5,7-8H2,1H3/t9-,10+,12+/m0/s1. The first-order valence-corrected chi connectivity index (χ1v) is 9.51. The molecule has 6 nitrogen and oxygen atoms in total. The van der Waals surface area contributed by atoms with Crippen LogP contribution in [-0.4, -0.2) is 55.9 Å². The van der Waals surface area contributed by atoms with Crippen molar-refractivity contribution in [2.45, 2.75) is 37.6 Å². The summed E-state index contributed by atoms with van der Waals surface area (Å²) in [7, 11) is -3.21. The second-order valence-electron chi connectivity index (χ2n) is 5.40. The molecule has 0 aromatic carbocycles. The highest BCUT2D eigenvalue weighted by Crippen LogP contribution is 2.30. The molecule has 2 aliphatic heterocycles. The third-order valence-corrected chi connectivity index (χ3v) is 5.31. The Morgan fingerprint density at radius 2 is 2.45 bits per heavy atom. The number of likely N-dealkylation sites (tertiary alicyclic amines) is 1. The topological polar surface area (TPSA) is 71.5 Å². The van der Waals surface area contributed by atoms with Crippen LogP contribution in [0.3, 0.4) is 0 Å². The normalized spacial score (nSPS) is 31.4. The number of rotatable bonds is 4. The summed E-state index contributed by atoms with van der Waals surface area (Å²) in [5.41, 5.74) is 0. The fraction of sp³-hybridized carbons (Fsp3) is 0.750. The van der Waals surface area contributed by atoms with Crippen LogP contribution in [0, 0.1) is 0 Å². The quantitative estimate of drug-likeness (QED) is 0.872. The Hall–Kier alpha value is -0.540. The van der Waals surface area contributed by atoms with Gasteiger partial charge in [-0.15, -0.1) is 11.3 Å². The maximum Gasteiger partial charge on any atom is 0.209 e. The zero-order valence-corrected chi connectivity index (χ0v) is 13.0. The molecule has 2 aliphatic rings. The van der Waals surface area contributed by atoms with Gasteiger partial charge in [-0.05, 0) is 12.8 Å². The number of fused-ring (bicyclic) bond motifs is 1. The van der Waals surface area contributed by atoms with Crippen LogP contribution >= 0.6 is 11.3 Å². The van der Waals surface area contributed by atoms with E-state index in [1.165, 1.54) is 6.26 Å². The van der Waals surface area contributed by atoms with Crippen molar-refractivity contribution in [3.05, 3.63) is 16.6 Å². The lowest BCUT2D eigenvalue weighted by Crippen LogP contribution is -2.47. The minimum Gasteiger partial charge on any atom is -0.375 e. The maximum atomic E-state index is 11.5. The predicted molar refractivity (Wildman–Crippen MR) is 77.1 cm³/mol. The summed E-state index contributed by atoms with van der Waals surface area (Å²) in [4.78, 5) is 6.61. The smallest absolute Gasteiger partial charge is 0.209 e. The molecule has 0 unspecified atom stereocenters. The fourth-order valence-corrected chi connectivity index (χ4v) is 4.52. The monoisotopic (exact) mass is 317 g/mol. The largest absolute Gasteiger partial charge is 0.375 e. The number of ether oxygens (including phenoxy) is 1. The molecule has 1 aromatic heterocycles. The van der Waals surface area contributed by atoms with Crippen LogP contribution in [0.5, 0.6) is 0 Å². The lowest BCUT2D eigenvalue weighted by atomic mass is 10.0. The summed E-state index contributed by atoms with van der Waals surface area (Å²) in [6.07, 6.45) is 5.04. The van der Waals surface area contributed by atoms with Crippen molar-refractivity contribution < 1.29 is 13.2 Å². The first-order chi connectivity index (χ1) is 9.53.